The Morgan fingerprint density at radius 3 is 2.75 bits per heavy atom. The smallest absolute Gasteiger partial charge is 0.161 e. The molecule has 0 heterocycles. The van der Waals surface area contributed by atoms with E-state index in [2.05, 4.69) is 0 Å². The Morgan fingerprint density at radius 2 is 2.12 bits per heavy atom. The monoisotopic (exact) mass is 222 g/mol. The van der Waals surface area contributed by atoms with Crippen LogP contribution in [0.2, 0.25) is 0 Å². The summed E-state index contributed by atoms with van der Waals surface area (Å²) in [5.41, 5.74) is 1.18. The van der Waals surface area contributed by atoms with Crippen molar-refractivity contribution in [3.63, 3.8) is 0 Å². The molecule has 0 radical (unpaired) electrons. The molecule has 0 amide bonds. The number of hydrogen-bond acceptors (Lipinski definition) is 3. The second-order valence-electron chi connectivity index (χ2n) is 4.13. The van der Waals surface area contributed by atoms with Crippen molar-refractivity contribution in [3.8, 4) is 11.5 Å². The van der Waals surface area contributed by atoms with Gasteiger partial charge in [0.1, 0.15) is 0 Å². The minimum Gasteiger partial charge on any atom is -0.493 e. The first kappa shape index (κ1) is 11.3. The molecule has 3 nitrogen and oxygen atoms in total. The van der Waals surface area contributed by atoms with Gasteiger partial charge in [0.05, 0.1) is 13.2 Å². The first-order chi connectivity index (χ1) is 7.83. The third-order valence-corrected chi connectivity index (χ3v) is 2.67. The highest BCUT2D eigenvalue weighted by molar-refractivity contribution is 5.43. The van der Waals surface area contributed by atoms with Gasteiger partial charge >= 0.3 is 0 Å². The van der Waals surface area contributed by atoms with Crippen LogP contribution in [0.15, 0.2) is 18.2 Å². The fourth-order valence-electron chi connectivity index (χ4n) is 1.61. The van der Waals surface area contributed by atoms with Crippen LogP contribution < -0.4 is 9.47 Å². The van der Waals surface area contributed by atoms with Gasteiger partial charge in [0, 0.05) is 6.61 Å². The van der Waals surface area contributed by atoms with E-state index in [1.165, 1.54) is 5.56 Å². The lowest BCUT2D eigenvalue weighted by Crippen LogP contribution is -1.99. The van der Waals surface area contributed by atoms with Crippen molar-refractivity contribution in [1.29, 1.82) is 0 Å². The maximum Gasteiger partial charge on any atom is 0.161 e. The number of aliphatic hydroxyl groups excluding tert-OH is 1. The van der Waals surface area contributed by atoms with E-state index in [-0.39, 0.29) is 6.61 Å². The van der Waals surface area contributed by atoms with Crippen LogP contribution in [0.1, 0.15) is 24.8 Å². The number of methoxy groups -OCH3 is 1. The van der Waals surface area contributed by atoms with Gasteiger partial charge in [-0.25, -0.2) is 0 Å². The van der Waals surface area contributed by atoms with Crippen LogP contribution in [0, 0.1) is 0 Å². The molecule has 2 rings (SSSR count). The van der Waals surface area contributed by atoms with E-state index in [9.17, 15) is 0 Å². The van der Waals surface area contributed by atoms with Crippen LogP contribution in [0.25, 0.3) is 0 Å². The highest BCUT2D eigenvalue weighted by Crippen LogP contribution is 2.34. The Balaban J connectivity index is 2.06. The maximum absolute atomic E-state index is 8.78. The van der Waals surface area contributed by atoms with Gasteiger partial charge < -0.3 is 14.6 Å². The van der Waals surface area contributed by atoms with Gasteiger partial charge in [0.25, 0.3) is 0 Å². The number of benzene rings is 1. The van der Waals surface area contributed by atoms with Crippen molar-refractivity contribution in [2.75, 3.05) is 13.7 Å². The van der Waals surface area contributed by atoms with Crippen molar-refractivity contribution in [2.45, 2.75) is 31.8 Å². The molecular formula is C13H18O3. The second-order valence-corrected chi connectivity index (χ2v) is 4.13. The summed E-state index contributed by atoms with van der Waals surface area (Å²) in [7, 11) is 1.66. The fourth-order valence-corrected chi connectivity index (χ4v) is 1.61. The molecule has 1 aliphatic carbocycles. The van der Waals surface area contributed by atoms with Crippen molar-refractivity contribution < 1.29 is 14.6 Å². The summed E-state index contributed by atoms with van der Waals surface area (Å²) in [6, 6.07) is 5.99. The number of aryl methyl sites for hydroxylation is 1. The molecule has 1 aromatic carbocycles. The Labute approximate surface area is 96.0 Å². The first-order valence-electron chi connectivity index (χ1n) is 5.78. The van der Waals surface area contributed by atoms with E-state index in [0.717, 1.165) is 37.2 Å². The van der Waals surface area contributed by atoms with Gasteiger partial charge in [-0.15, -0.1) is 0 Å². The third-order valence-electron chi connectivity index (χ3n) is 2.67. The highest BCUT2D eigenvalue weighted by Gasteiger charge is 2.24. The zero-order valence-corrected chi connectivity index (χ0v) is 9.61. The molecule has 1 saturated carbocycles. The predicted octanol–water partition coefficient (Wildman–Crippen LogP) is 2.16. The van der Waals surface area contributed by atoms with Gasteiger partial charge in [-0.1, -0.05) is 6.07 Å². The normalized spacial score (nSPS) is 14.9. The molecule has 0 aromatic heterocycles. The van der Waals surface area contributed by atoms with E-state index in [1.54, 1.807) is 7.11 Å². The Kier molecular flexibility index (Phi) is 3.67. The van der Waals surface area contributed by atoms with Crippen LogP contribution in [-0.4, -0.2) is 24.9 Å². The molecule has 1 N–H and O–H groups in total. The molecule has 1 aliphatic rings. The van der Waals surface area contributed by atoms with Crippen LogP contribution in [-0.2, 0) is 6.42 Å². The molecule has 0 bridgehead atoms. The van der Waals surface area contributed by atoms with Gasteiger partial charge in [-0.05, 0) is 43.4 Å². The molecule has 88 valence electrons. The van der Waals surface area contributed by atoms with E-state index in [1.807, 2.05) is 18.2 Å². The average Bonchev–Trinajstić information content (AvgIpc) is 3.11. The lowest BCUT2D eigenvalue weighted by Gasteiger charge is -2.11. The van der Waals surface area contributed by atoms with Crippen LogP contribution in [0.5, 0.6) is 11.5 Å². The minimum atomic E-state index is 0.225. The number of aliphatic hydroxyl groups is 1. The number of hydrogen-bond donors (Lipinski definition) is 1. The van der Waals surface area contributed by atoms with Crippen LogP contribution in [0.4, 0.5) is 0 Å². The molecule has 1 fully saturated rings. The first-order valence-corrected chi connectivity index (χ1v) is 5.78. The lowest BCUT2D eigenvalue weighted by molar-refractivity contribution is 0.281. The Morgan fingerprint density at radius 1 is 1.31 bits per heavy atom. The molecule has 3 heteroatoms. The molecule has 0 saturated heterocycles. The third kappa shape index (κ3) is 2.89. The molecule has 0 atom stereocenters. The zero-order valence-electron chi connectivity index (χ0n) is 9.61. The molecular weight excluding hydrogens is 204 g/mol. The molecule has 16 heavy (non-hydrogen) atoms. The highest BCUT2D eigenvalue weighted by atomic mass is 16.5. The lowest BCUT2D eigenvalue weighted by atomic mass is 10.1. The van der Waals surface area contributed by atoms with E-state index in [4.69, 9.17) is 14.6 Å². The quantitative estimate of drug-likeness (QED) is 0.801. The fraction of sp³-hybridized carbons (Fsp3) is 0.538. The summed E-state index contributed by atoms with van der Waals surface area (Å²) in [4.78, 5) is 0. The second kappa shape index (κ2) is 5.21. The molecule has 0 spiro atoms. The van der Waals surface area contributed by atoms with Gasteiger partial charge in [0.2, 0.25) is 0 Å². The predicted molar refractivity (Wildman–Crippen MR) is 62.1 cm³/mol. The Hall–Kier alpha value is -1.22. The minimum absolute atomic E-state index is 0.225. The summed E-state index contributed by atoms with van der Waals surface area (Å²) in [5, 5.41) is 8.78. The molecule has 0 aliphatic heterocycles. The van der Waals surface area contributed by atoms with Crippen LogP contribution in [0.3, 0.4) is 0 Å². The van der Waals surface area contributed by atoms with Crippen LogP contribution >= 0.6 is 0 Å². The van der Waals surface area contributed by atoms with Crippen molar-refractivity contribution >= 4 is 0 Å². The summed E-state index contributed by atoms with van der Waals surface area (Å²) < 4.78 is 11.0. The van der Waals surface area contributed by atoms with Gasteiger partial charge in [-0.3, -0.25) is 0 Å². The standard InChI is InChI=1S/C13H18O3/c1-15-13-9-10(3-2-8-14)4-7-12(13)16-11-5-6-11/h4,7,9,11,14H,2-3,5-6,8H2,1H3. The molecule has 0 unspecified atom stereocenters. The van der Waals surface area contributed by atoms with Crippen molar-refractivity contribution in [2.24, 2.45) is 0 Å². The summed E-state index contributed by atoms with van der Waals surface area (Å²) in [6.45, 7) is 0.225. The SMILES string of the molecule is COc1cc(CCCO)ccc1OC1CC1. The van der Waals surface area contributed by atoms with E-state index < -0.39 is 0 Å². The van der Waals surface area contributed by atoms with Gasteiger partial charge in [0.15, 0.2) is 11.5 Å². The number of rotatable bonds is 6. The van der Waals surface area contributed by atoms with E-state index in [0.29, 0.717) is 6.10 Å². The largest absolute Gasteiger partial charge is 0.493 e. The molecule has 1 aromatic rings. The van der Waals surface area contributed by atoms with Crippen molar-refractivity contribution in [3.05, 3.63) is 23.8 Å². The van der Waals surface area contributed by atoms with E-state index >= 15 is 0 Å². The zero-order chi connectivity index (χ0) is 11.4. The summed E-state index contributed by atoms with van der Waals surface area (Å²) in [5.74, 6) is 1.63. The van der Waals surface area contributed by atoms with Gasteiger partial charge in [-0.2, -0.15) is 0 Å². The maximum atomic E-state index is 8.78. The average molecular weight is 222 g/mol. The summed E-state index contributed by atoms with van der Waals surface area (Å²) in [6.07, 6.45) is 4.34. The Bertz CT molecular complexity index is 345. The topological polar surface area (TPSA) is 38.7 Å². The number of ether oxygens (including phenoxy) is 2. The summed E-state index contributed by atoms with van der Waals surface area (Å²) >= 11 is 0. The van der Waals surface area contributed by atoms with Crippen molar-refractivity contribution in [1.82, 2.24) is 0 Å².